The summed E-state index contributed by atoms with van der Waals surface area (Å²) in [6, 6.07) is 15.3. The van der Waals surface area contributed by atoms with Gasteiger partial charge in [0.25, 0.3) is 3.91 Å². The summed E-state index contributed by atoms with van der Waals surface area (Å²) in [5.74, 6) is -5.59. The van der Waals surface area contributed by atoms with Crippen molar-refractivity contribution >= 4 is 72.8 Å². The molecular weight excluding hydrogens is 940 g/mol. The van der Waals surface area contributed by atoms with Crippen LogP contribution < -0.4 is 5.32 Å². The number of ether oxygens (including phenoxy) is 4. The molecule has 3 aliphatic carbocycles. The van der Waals surface area contributed by atoms with E-state index in [1.807, 2.05) is 22.6 Å². The summed E-state index contributed by atoms with van der Waals surface area (Å²) in [6.07, 6.45) is -7.36. The van der Waals surface area contributed by atoms with Gasteiger partial charge in [-0.1, -0.05) is 85.0 Å². The standard InChI is InChI=1S/C40H45I2NO12/c1-19-25-26(41)32(48)38(5)23(45)17-24-40(18-52-24,54-20(2)44)35(38)39(6,55-33(49)22-15-11-8-12-16-22)31(37(25,3)4)29(47)30(19)53-34(50)28(46)27(43-36(42)51)21-13-9-7-10-14-21/h7-16,23-24,26-31,35,45-47H,17-18H2,1-6H3,(H,43,51)/t23-,24+,26+,27+,28-,29-,30+,31?,35-,38-,39-,40-/m0/s1. The lowest BCUT2D eigenvalue weighted by molar-refractivity contribution is -0.351. The summed E-state index contributed by atoms with van der Waals surface area (Å²) in [6.45, 7) is 9.43. The van der Waals surface area contributed by atoms with Crippen LogP contribution in [0.15, 0.2) is 71.8 Å². The van der Waals surface area contributed by atoms with Gasteiger partial charge in [-0.25, -0.2) is 9.59 Å². The predicted molar refractivity (Wildman–Crippen MR) is 213 cm³/mol. The lowest BCUT2D eigenvalue weighted by Crippen LogP contribution is -2.82. The van der Waals surface area contributed by atoms with Gasteiger partial charge >= 0.3 is 17.9 Å². The number of carbonyl (C=O) groups is 5. The predicted octanol–water partition coefficient (Wildman–Crippen LogP) is 4.57. The second-order valence-corrected chi connectivity index (χ2v) is 18.1. The molecule has 0 radical (unpaired) electrons. The van der Waals surface area contributed by atoms with Crippen LogP contribution in [0.5, 0.6) is 0 Å². The van der Waals surface area contributed by atoms with E-state index < -0.39 is 102 Å². The highest BCUT2D eigenvalue weighted by Gasteiger charge is 2.79. The molecule has 4 aliphatic rings. The number of ketones is 1. The highest BCUT2D eigenvalue weighted by Crippen LogP contribution is 2.67. The fourth-order valence-electron chi connectivity index (χ4n) is 10.3. The Balaban J connectivity index is 1.55. The van der Waals surface area contributed by atoms with Gasteiger partial charge < -0.3 is 39.6 Å². The normalized spacial score (nSPS) is 36.0. The number of hydrogen-bond acceptors (Lipinski definition) is 12. The number of fused-ring (bicyclic) bond motifs is 5. The summed E-state index contributed by atoms with van der Waals surface area (Å²) in [5, 5.41) is 38.8. The van der Waals surface area contributed by atoms with Crippen LogP contribution in [0.4, 0.5) is 4.79 Å². The number of hydrogen-bond donors (Lipinski definition) is 4. The summed E-state index contributed by atoms with van der Waals surface area (Å²) >= 11 is 3.49. The largest absolute Gasteiger partial charge is 0.455 e. The number of esters is 3. The van der Waals surface area contributed by atoms with Crippen molar-refractivity contribution < 1.29 is 58.2 Å². The van der Waals surface area contributed by atoms with E-state index in [-0.39, 0.29) is 18.6 Å². The monoisotopic (exact) mass is 985 g/mol. The number of allylic oxidation sites excluding steroid dienone is 1. The molecule has 1 amide bonds. The second-order valence-electron chi connectivity index (χ2n) is 15.9. The van der Waals surface area contributed by atoms with Gasteiger partial charge in [-0.05, 0) is 55.0 Å². The summed E-state index contributed by atoms with van der Waals surface area (Å²) in [7, 11) is 0. The first-order valence-electron chi connectivity index (χ1n) is 18.0. The average Bonchev–Trinajstić information content (AvgIpc) is 3.12. The van der Waals surface area contributed by atoms with E-state index in [0.29, 0.717) is 16.7 Å². The van der Waals surface area contributed by atoms with Crippen LogP contribution in [0, 0.1) is 22.7 Å². The highest BCUT2D eigenvalue weighted by molar-refractivity contribution is 14.1. The van der Waals surface area contributed by atoms with Gasteiger partial charge in [-0.2, -0.15) is 0 Å². The third-order valence-corrected chi connectivity index (χ3v) is 13.8. The molecule has 4 N–H and O–H groups in total. The number of aliphatic hydroxyl groups is 3. The van der Waals surface area contributed by atoms with E-state index in [9.17, 15) is 34.5 Å². The van der Waals surface area contributed by atoms with Crippen molar-refractivity contribution in [2.45, 2.75) is 99.7 Å². The maximum atomic E-state index is 15.2. The van der Waals surface area contributed by atoms with Gasteiger partial charge in [0.05, 0.1) is 39.6 Å². The minimum atomic E-state index is -1.95. The molecule has 55 heavy (non-hydrogen) atoms. The molecule has 2 aromatic carbocycles. The van der Waals surface area contributed by atoms with E-state index in [0.717, 1.165) is 0 Å². The van der Waals surface area contributed by atoms with Crippen molar-refractivity contribution in [1.29, 1.82) is 0 Å². The average molecular weight is 986 g/mol. The van der Waals surface area contributed by atoms with E-state index in [1.54, 1.807) is 95.3 Å². The maximum absolute atomic E-state index is 15.2. The van der Waals surface area contributed by atoms with E-state index >= 15 is 4.79 Å². The van der Waals surface area contributed by atoms with Crippen molar-refractivity contribution in [1.82, 2.24) is 5.32 Å². The quantitative estimate of drug-likeness (QED) is 0.0549. The van der Waals surface area contributed by atoms with Gasteiger partial charge in [-0.3, -0.25) is 14.4 Å². The third-order valence-electron chi connectivity index (χ3n) is 12.3. The first kappa shape index (κ1) is 41.7. The Morgan fingerprint density at radius 2 is 1.56 bits per heavy atom. The van der Waals surface area contributed by atoms with Crippen LogP contribution in [0.25, 0.3) is 0 Å². The minimum Gasteiger partial charge on any atom is -0.455 e. The number of Topliss-reactive ketones (excluding diaryl/α,β-unsaturated/α-hetero) is 1. The second kappa shape index (κ2) is 15.1. The molecule has 296 valence electrons. The number of rotatable bonds is 8. The number of alkyl halides is 1. The van der Waals surface area contributed by atoms with Crippen LogP contribution in [0.1, 0.15) is 69.9 Å². The van der Waals surface area contributed by atoms with Crippen LogP contribution in [-0.2, 0) is 33.3 Å². The van der Waals surface area contributed by atoms with Crippen molar-refractivity contribution in [2.24, 2.45) is 22.7 Å². The molecule has 2 saturated carbocycles. The first-order valence-corrected chi connectivity index (χ1v) is 20.3. The number of aliphatic hydroxyl groups excluding tert-OH is 3. The molecule has 6 rings (SSSR count). The molecule has 13 nitrogen and oxygen atoms in total. The third kappa shape index (κ3) is 6.73. The smallest absolute Gasteiger partial charge is 0.338 e. The zero-order chi connectivity index (χ0) is 40.4. The van der Waals surface area contributed by atoms with Gasteiger partial charge in [0, 0.05) is 41.9 Å². The van der Waals surface area contributed by atoms with Crippen LogP contribution in [0.3, 0.4) is 0 Å². The molecule has 0 spiro atoms. The Hall–Kier alpha value is -2.97. The fourth-order valence-corrected chi connectivity index (χ4v) is 12.6. The molecule has 0 aromatic heterocycles. The topological polar surface area (TPSA) is 195 Å². The van der Waals surface area contributed by atoms with Crippen molar-refractivity contribution in [3.63, 3.8) is 0 Å². The Morgan fingerprint density at radius 3 is 2.11 bits per heavy atom. The lowest BCUT2D eigenvalue weighted by atomic mass is 9.42. The number of halogens is 2. The van der Waals surface area contributed by atoms with Crippen molar-refractivity contribution in [3.05, 3.63) is 82.9 Å². The lowest BCUT2D eigenvalue weighted by Gasteiger charge is -2.69. The number of amides is 1. The van der Waals surface area contributed by atoms with Gasteiger partial charge in [0.1, 0.15) is 23.9 Å². The van der Waals surface area contributed by atoms with Crippen LogP contribution >= 0.6 is 45.2 Å². The molecule has 1 heterocycles. The molecular formula is C40H45I2NO12. The molecule has 1 unspecified atom stereocenters. The zero-order valence-electron chi connectivity index (χ0n) is 31.2. The van der Waals surface area contributed by atoms with Gasteiger partial charge in [0.15, 0.2) is 17.5 Å². The number of carbonyl (C=O) groups excluding carboxylic acids is 5. The van der Waals surface area contributed by atoms with E-state index in [2.05, 4.69) is 5.32 Å². The molecule has 1 aliphatic heterocycles. The highest BCUT2D eigenvalue weighted by atomic mass is 127. The minimum absolute atomic E-state index is 0.0544. The Morgan fingerprint density at radius 1 is 0.964 bits per heavy atom. The molecule has 15 heteroatoms. The zero-order valence-corrected chi connectivity index (χ0v) is 35.5. The number of nitrogens with one attached hydrogen (secondary N) is 1. The van der Waals surface area contributed by atoms with Crippen LogP contribution in [0.2, 0.25) is 0 Å². The first-order chi connectivity index (χ1) is 25.7. The fraction of sp³-hybridized carbons (Fsp3) is 0.525. The Labute approximate surface area is 346 Å². The maximum Gasteiger partial charge on any atom is 0.338 e. The molecule has 2 bridgehead atoms. The molecule has 12 atom stereocenters. The summed E-state index contributed by atoms with van der Waals surface area (Å²) < 4.78 is 23.2. The SMILES string of the molecule is CC(=O)O[C@@]12CO[C@@H]1C[C@H](O)[C@@]1(C)C(=O)[C@H](I)C3=C(C)[C@@H](OC(=O)[C@@H](O)[C@H](NC(=O)I)c4ccccc4)[C@H](O)C(C3(C)C)[C@](C)(OC(=O)c3ccccc3)[C@@H]21. The summed E-state index contributed by atoms with van der Waals surface area (Å²) in [5.41, 5.74) is -5.05. The van der Waals surface area contributed by atoms with Gasteiger partial charge in [-0.15, -0.1) is 0 Å². The van der Waals surface area contributed by atoms with E-state index in [4.69, 9.17) is 18.9 Å². The molecule has 1 saturated heterocycles. The van der Waals surface area contributed by atoms with Crippen LogP contribution in [-0.4, -0.2) is 95.2 Å². The van der Waals surface area contributed by atoms with E-state index in [1.165, 1.54) is 29.5 Å². The summed E-state index contributed by atoms with van der Waals surface area (Å²) in [4.78, 5) is 68.6. The molecule has 3 fully saturated rings. The molecule has 2 aromatic rings. The Bertz CT molecular complexity index is 1910. The van der Waals surface area contributed by atoms with Gasteiger partial charge in [0.2, 0.25) is 0 Å². The number of benzene rings is 2. The Kier molecular flexibility index (Phi) is 11.4. The van der Waals surface area contributed by atoms with Crippen molar-refractivity contribution in [2.75, 3.05) is 6.61 Å². The van der Waals surface area contributed by atoms with Crippen molar-refractivity contribution in [3.8, 4) is 0 Å².